The molecule has 7 heteroatoms. The van der Waals surface area contributed by atoms with Gasteiger partial charge in [-0.25, -0.2) is 4.98 Å². The van der Waals surface area contributed by atoms with Gasteiger partial charge >= 0.3 is 6.18 Å². The minimum Gasteiger partial charge on any atom is -0.366 e. The molecule has 0 amide bonds. The molecule has 0 aliphatic rings. The van der Waals surface area contributed by atoms with Crippen molar-refractivity contribution in [3.63, 3.8) is 0 Å². The Balaban J connectivity index is 1.78. The van der Waals surface area contributed by atoms with E-state index in [1.807, 2.05) is 25.1 Å². The molecule has 0 saturated carbocycles. The van der Waals surface area contributed by atoms with E-state index in [9.17, 15) is 13.2 Å². The molecule has 0 aliphatic heterocycles. The molecule has 0 bridgehead atoms. The fourth-order valence-electron chi connectivity index (χ4n) is 2.35. The predicted octanol–water partition coefficient (Wildman–Crippen LogP) is 4.41. The maximum Gasteiger partial charge on any atom is 0.416 e. The summed E-state index contributed by atoms with van der Waals surface area (Å²) in [5.74, 6) is 0.731. The maximum atomic E-state index is 12.6. The first-order valence-corrected chi connectivity index (χ1v) is 7.31. The zero-order chi connectivity index (χ0) is 17.2. The number of pyridine rings is 1. The molecule has 124 valence electrons. The average molecular weight is 332 g/mol. The lowest BCUT2D eigenvalue weighted by Gasteiger charge is -2.09. The summed E-state index contributed by atoms with van der Waals surface area (Å²) in [6.45, 7) is 2.36. The summed E-state index contributed by atoms with van der Waals surface area (Å²) in [6.07, 6.45) is -2.69. The van der Waals surface area contributed by atoms with Gasteiger partial charge in [-0.3, -0.25) is 5.10 Å². The lowest BCUT2D eigenvalue weighted by Crippen LogP contribution is -2.04. The molecular weight excluding hydrogens is 317 g/mol. The maximum absolute atomic E-state index is 12.6. The quantitative estimate of drug-likeness (QED) is 0.744. The molecule has 2 aromatic heterocycles. The third kappa shape index (κ3) is 3.56. The van der Waals surface area contributed by atoms with Crippen molar-refractivity contribution < 1.29 is 13.2 Å². The van der Waals surface area contributed by atoms with Crippen molar-refractivity contribution in [3.8, 4) is 11.3 Å². The van der Waals surface area contributed by atoms with Crippen LogP contribution in [-0.2, 0) is 12.7 Å². The molecule has 0 aliphatic carbocycles. The van der Waals surface area contributed by atoms with Gasteiger partial charge in [0.2, 0.25) is 0 Å². The largest absolute Gasteiger partial charge is 0.416 e. The van der Waals surface area contributed by atoms with Gasteiger partial charge in [0, 0.05) is 17.8 Å². The minimum absolute atomic E-state index is 0.462. The van der Waals surface area contributed by atoms with Crippen LogP contribution >= 0.6 is 0 Å². The Morgan fingerprint density at radius 3 is 2.50 bits per heavy atom. The van der Waals surface area contributed by atoms with Crippen molar-refractivity contribution in [2.24, 2.45) is 0 Å². The molecule has 2 N–H and O–H groups in total. The first kappa shape index (κ1) is 16.0. The lowest BCUT2D eigenvalue weighted by molar-refractivity contribution is -0.137. The zero-order valence-corrected chi connectivity index (χ0v) is 12.9. The minimum atomic E-state index is -4.34. The number of H-pyrrole nitrogens is 1. The van der Waals surface area contributed by atoms with Crippen molar-refractivity contribution in [2.75, 3.05) is 5.32 Å². The molecule has 4 nitrogen and oxygen atoms in total. The highest BCUT2D eigenvalue weighted by Crippen LogP contribution is 2.31. The van der Waals surface area contributed by atoms with E-state index in [4.69, 9.17) is 0 Å². The van der Waals surface area contributed by atoms with Crippen LogP contribution in [0.15, 0.2) is 48.7 Å². The van der Waals surface area contributed by atoms with Gasteiger partial charge in [0.25, 0.3) is 0 Å². The summed E-state index contributed by atoms with van der Waals surface area (Å²) in [7, 11) is 0. The van der Waals surface area contributed by atoms with E-state index in [2.05, 4.69) is 20.5 Å². The van der Waals surface area contributed by atoms with Gasteiger partial charge in [-0.2, -0.15) is 18.3 Å². The van der Waals surface area contributed by atoms with E-state index in [1.165, 1.54) is 12.1 Å². The molecule has 2 heterocycles. The van der Waals surface area contributed by atoms with Gasteiger partial charge in [-0.05, 0) is 36.8 Å². The fraction of sp³-hybridized carbons (Fsp3) is 0.176. The van der Waals surface area contributed by atoms with Gasteiger partial charge in [0.1, 0.15) is 5.82 Å². The van der Waals surface area contributed by atoms with E-state index < -0.39 is 11.7 Å². The average Bonchev–Trinajstić information content (AvgIpc) is 3.01. The lowest BCUT2D eigenvalue weighted by atomic mass is 10.1. The monoisotopic (exact) mass is 332 g/mol. The number of aryl methyl sites for hydroxylation is 1. The number of aromatic nitrogens is 3. The topological polar surface area (TPSA) is 53.6 Å². The Labute approximate surface area is 136 Å². The van der Waals surface area contributed by atoms with Crippen LogP contribution in [0, 0.1) is 6.92 Å². The summed E-state index contributed by atoms with van der Waals surface area (Å²) < 4.78 is 37.9. The number of hydrogen-bond acceptors (Lipinski definition) is 3. The van der Waals surface area contributed by atoms with Crippen molar-refractivity contribution >= 4 is 5.82 Å². The Morgan fingerprint density at radius 2 is 1.83 bits per heavy atom. The molecule has 0 unspecified atom stereocenters. The molecule has 3 rings (SSSR count). The van der Waals surface area contributed by atoms with Crippen molar-refractivity contribution in [3.05, 3.63) is 65.5 Å². The van der Waals surface area contributed by atoms with Crippen LogP contribution in [0.3, 0.4) is 0 Å². The van der Waals surface area contributed by atoms with Gasteiger partial charge in [-0.1, -0.05) is 18.2 Å². The molecular formula is C17H15F3N4. The number of benzene rings is 1. The Bertz CT molecular complexity index is 822. The van der Waals surface area contributed by atoms with Crippen molar-refractivity contribution in [1.29, 1.82) is 0 Å². The van der Waals surface area contributed by atoms with Crippen molar-refractivity contribution in [1.82, 2.24) is 15.2 Å². The Hall–Kier alpha value is -2.83. The second-order valence-electron chi connectivity index (χ2n) is 5.36. The molecule has 3 aromatic rings. The SMILES string of the molecule is Cc1cccc(NCc2cn[nH]c2-c2ccc(C(F)(F)F)cc2)n1. The van der Waals surface area contributed by atoms with Gasteiger partial charge in [0.15, 0.2) is 0 Å². The van der Waals surface area contributed by atoms with Crippen LogP contribution in [0.25, 0.3) is 11.3 Å². The van der Waals surface area contributed by atoms with Gasteiger partial charge in [0.05, 0.1) is 17.5 Å². The van der Waals surface area contributed by atoms with E-state index in [-0.39, 0.29) is 0 Å². The van der Waals surface area contributed by atoms with Crippen LogP contribution < -0.4 is 5.32 Å². The standard InChI is InChI=1S/C17H15F3N4/c1-11-3-2-4-15(23-11)21-9-13-10-22-24-16(13)12-5-7-14(8-6-12)17(18,19)20/h2-8,10H,9H2,1H3,(H,21,23)(H,22,24). The van der Waals surface area contributed by atoms with Gasteiger partial charge in [-0.15, -0.1) is 0 Å². The first-order chi connectivity index (χ1) is 11.4. The number of halogens is 3. The van der Waals surface area contributed by atoms with Gasteiger partial charge < -0.3 is 5.32 Å². The third-order valence-electron chi connectivity index (χ3n) is 3.57. The Morgan fingerprint density at radius 1 is 1.08 bits per heavy atom. The molecule has 0 fully saturated rings. The van der Waals surface area contributed by atoms with Crippen LogP contribution in [0.5, 0.6) is 0 Å². The highest BCUT2D eigenvalue weighted by Gasteiger charge is 2.30. The highest BCUT2D eigenvalue weighted by molar-refractivity contribution is 5.63. The molecule has 0 saturated heterocycles. The number of alkyl halides is 3. The van der Waals surface area contributed by atoms with Crippen LogP contribution in [0.1, 0.15) is 16.8 Å². The zero-order valence-electron chi connectivity index (χ0n) is 12.9. The van der Waals surface area contributed by atoms with Crippen molar-refractivity contribution in [2.45, 2.75) is 19.6 Å². The van der Waals surface area contributed by atoms with Crippen LogP contribution in [0.2, 0.25) is 0 Å². The number of nitrogens with one attached hydrogen (secondary N) is 2. The summed E-state index contributed by atoms with van der Waals surface area (Å²) >= 11 is 0. The number of nitrogens with zero attached hydrogens (tertiary/aromatic N) is 2. The molecule has 24 heavy (non-hydrogen) atoms. The first-order valence-electron chi connectivity index (χ1n) is 7.31. The number of rotatable bonds is 4. The van der Waals surface area contributed by atoms with E-state index in [0.29, 0.717) is 17.8 Å². The molecule has 0 spiro atoms. The number of hydrogen-bond donors (Lipinski definition) is 2. The summed E-state index contributed by atoms with van der Waals surface area (Å²) in [5, 5.41) is 10.0. The van der Waals surface area contributed by atoms with E-state index in [0.717, 1.165) is 29.2 Å². The summed E-state index contributed by atoms with van der Waals surface area (Å²) in [6, 6.07) is 10.7. The molecule has 1 aromatic carbocycles. The summed E-state index contributed by atoms with van der Waals surface area (Å²) in [5.41, 5.74) is 2.40. The second kappa shape index (κ2) is 6.35. The molecule has 0 radical (unpaired) electrons. The highest BCUT2D eigenvalue weighted by atomic mass is 19.4. The number of anilines is 1. The Kier molecular flexibility index (Phi) is 4.24. The van der Waals surface area contributed by atoms with Crippen LogP contribution in [-0.4, -0.2) is 15.2 Å². The van der Waals surface area contributed by atoms with E-state index >= 15 is 0 Å². The smallest absolute Gasteiger partial charge is 0.366 e. The molecule has 0 atom stereocenters. The second-order valence-corrected chi connectivity index (χ2v) is 5.36. The normalized spacial score (nSPS) is 11.5. The summed E-state index contributed by atoms with van der Waals surface area (Å²) in [4.78, 5) is 4.35. The van der Waals surface area contributed by atoms with E-state index in [1.54, 1.807) is 6.20 Å². The fourth-order valence-corrected chi connectivity index (χ4v) is 2.35. The third-order valence-corrected chi connectivity index (χ3v) is 3.57. The van der Waals surface area contributed by atoms with Crippen LogP contribution in [0.4, 0.5) is 19.0 Å². The number of aromatic amines is 1. The predicted molar refractivity (Wildman–Crippen MR) is 85.3 cm³/mol.